The van der Waals surface area contributed by atoms with Crippen molar-refractivity contribution in [3.63, 3.8) is 0 Å². The standard InChI is InChI=1S/C8H9IO4S/c1-12-8-5-6(3-4-7(8)9)13-14(2,10)11/h3-5H,1-2H3. The van der Waals surface area contributed by atoms with E-state index >= 15 is 0 Å². The molecule has 0 radical (unpaired) electrons. The van der Waals surface area contributed by atoms with Crippen LogP contribution in [0.25, 0.3) is 0 Å². The minimum Gasteiger partial charge on any atom is -0.496 e. The van der Waals surface area contributed by atoms with Crippen molar-refractivity contribution >= 4 is 32.7 Å². The summed E-state index contributed by atoms with van der Waals surface area (Å²) in [5.41, 5.74) is 0. The van der Waals surface area contributed by atoms with Crippen molar-refractivity contribution in [1.29, 1.82) is 0 Å². The summed E-state index contributed by atoms with van der Waals surface area (Å²) in [6.07, 6.45) is 0.997. The summed E-state index contributed by atoms with van der Waals surface area (Å²) in [7, 11) is -1.96. The van der Waals surface area contributed by atoms with E-state index in [2.05, 4.69) is 26.8 Å². The van der Waals surface area contributed by atoms with Crippen LogP contribution in [0.3, 0.4) is 0 Å². The Kier molecular flexibility index (Phi) is 3.59. The lowest BCUT2D eigenvalue weighted by atomic mass is 10.3. The second-order valence-electron chi connectivity index (χ2n) is 2.58. The lowest BCUT2D eigenvalue weighted by molar-refractivity contribution is 0.409. The van der Waals surface area contributed by atoms with Crippen molar-refractivity contribution in [2.75, 3.05) is 13.4 Å². The molecule has 14 heavy (non-hydrogen) atoms. The van der Waals surface area contributed by atoms with Gasteiger partial charge in [-0.25, -0.2) is 0 Å². The largest absolute Gasteiger partial charge is 0.496 e. The fourth-order valence-corrected chi connectivity index (χ4v) is 1.88. The molecule has 0 saturated carbocycles. The van der Waals surface area contributed by atoms with Crippen LogP contribution in [0.2, 0.25) is 0 Å². The van der Waals surface area contributed by atoms with Gasteiger partial charge in [-0.1, -0.05) is 0 Å². The molecule has 0 N–H and O–H groups in total. The van der Waals surface area contributed by atoms with Gasteiger partial charge in [-0.2, -0.15) is 8.42 Å². The molecule has 0 unspecified atom stereocenters. The van der Waals surface area contributed by atoms with Crippen molar-refractivity contribution in [3.8, 4) is 11.5 Å². The van der Waals surface area contributed by atoms with Gasteiger partial charge >= 0.3 is 10.1 Å². The molecule has 0 aliphatic carbocycles. The van der Waals surface area contributed by atoms with Gasteiger partial charge in [0.2, 0.25) is 0 Å². The average Bonchev–Trinajstić information content (AvgIpc) is 2.06. The molecule has 0 fully saturated rings. The second-order valence-corrected chi connectivity index (χ2v) is 5.32. The monoisotopic (exact) mass is 328 g/mol. The van der Waals surface area contributed by atoms with E-state index in [4.69, 9.17) is 4.74 Å². The Labute approximate surface area is 96.5 Å². The van der Waals surface area contributed by atoms with Crippen molar-refractivity contribution in [2.24, 2.45) is 0 Å². The molecule has 1 aromatic rings. The Hall–Kier alpha value is -0.500. The van der Waals surface area contributed by atoms with Crippen LogP contribution in [0.4, 0.5) is 0 Å². The van der Waals surface area contributed by atoms with Gasteiger partial charge in [-0.3, -0.25) is 0 Å². The number of halogens is 1. The Morgan fingerprint density at radius 1 is 1.36 bits per heavy atom. The van der Waals surface area contributed by atoms with E-state index in [1.807, 2.05) is 0 Å². The van der Waals surface area contributed by atoms with Gasteiger partial charge in [0.15, 0.2) is 0 Å². The lowest BCUT2D eigenvalue weighted by Crippen LogP contribution is -2.05. The molecule has 0 heterocycles. The van der Waals surface area contributed by atoms with Gasteiger partial charge < -0.3 is 8.92 Å². The topological polar surface area (TPSA) is 52.6 Å². The van der Waals surface area contributed by atoms with Crippen molar-refractivity contribution in [3.05, 3.63) is 21.8 Å². The minimum absolute atomic E-state index is 0.254. The fourth-order valence-electron chi connectivity index (χ4n) is 0.867. The molecule has 1 aromatic carbocycles. The van der Waals surface area contributed by atoms with Crippen LogP contribution >= 0.6 is 22.6 Å². The Morgan fingerprint density at radius 2 is 2.00 bits per heavy atom. The maximum Gasteiger partial charge on any atom is 0.306 e. The van der Waals surface area contributed by atoms with Gasteiger partial charge in [0, 0.05) is 6.07 Å². The second kappa shape index (κ2) is 4.35. The smallest absolute Gasteiger partial charge is 0.306 e. The van der Waals surface area contributed by atoms with Gasteiger partial charge in [0.25, 0.3) is 0 Å². The maximum absolute atomic E-state index is 10.8. The predicted molar refractivity (Wildman–Crippen MR) is 61.2 cm³/mol. The van der Waals surface area contributed by atoms with Crippen molar-refractivity contribution in [2.45, 2.75) is 0 Å². The maximum atomic E-state index is 10.8. The third-order valence-electron chi connectivity index (χ3n) is 1.37. The molecule has 1 rings (SSSR count). The normalized spacial score (nSPS) is 11.1. The summed E-state index contributed by atoms with van der Waals surface area (Å²) in [5, 5.41) is 0. The summed E-state index contributed by atoms with van der Waals surface area (Å²) in [4.78, 5) is 0. The van der Waals surface area contributed by atoms with Gasteiger partial charge in [0.1, 0.15) is 11.5 Å². The predicted octanol–water partition coefficient (Wildman–Crippen LogP) is 1.64. The molecule has 0 spiro atoms. The highest BCUT2D eigenvalue weighted by Gasteiger charge is 2.07. The Morgan fingerprint density at radius 3 is 2.50 bits per heavy atom. The van der Waals surface area contributed by atoms with Crippen LogP contribution in [0.15, 0.2) is 18.2 Å². The summed E-state index contributed by atoms with van der Waals surface area (Å²) in [5.74, 6) is 0.844. The summed E-state index contributed by atoms with van der Waals surface area (Å²) >= 11 is 2.08. The molecule has 0 aliphatic rings. The van der Waals surface area contributed by atoms with E-state index in [-0.39, 0.29) is 5.75 Å². The van der Waals surface area contributed by atoms with Crippen molar-refractivity contribution in [1.82, 2.24) is 0 Å². The summed E-state index contributed by atoms with van der Waals surface area (Å²) in [6.45, 7) is 0. The zero-order chi connectivity index (χ0) is 10.8. The first-order valence-electron chi connectivity index (χ1n) is 3.65. The Balaban J connectivity index is 3.01. The van der Waals surface area contributed by atoms with Crippen molar-refractivity contribution < 1.29 is 17.3 Å². The molecule has 0 saturated heterocycles. The molecular formula is C8H9IO4S. The molecule has 4 nitrogen and oxygen atoms in total. The van der Waals surface area contributed by atoms with Gasteiger partial charge in [-0.15, -0.1) is 0 Å². The third-order valence-corrected chi connectivity index (χ3v) is 2.76. The highest BCUT2D eigenvalue weighted by molar-refractivity contribution is 14.1. The van der Waals surface area contributed by atoms with Crippen LogP contribution in [0.1, 0.15) is 0 Å². The summed E-state index contributed by atoms with van der Waals surface area (Å²) in [6, 6.07) is 4.83. The van der Waals surface area contributed by atoms with Gasteiger partial charge in [0.05, 0.1) is 16.9 Å². The molecule has 0 atom stereocenters. The SMILES string of the molecule is COc1cc(OS(C)(=O)=O)ccc1I. The number of methoxy groups -OCH3 is 1. The first kappa shape index (κ1) is 11.6. The molecule has 0 aliphatic heterocycles. The molecule has 0 aromatic heterocycles. The molecule has 78 valence electrons. The lowest BCUT2D eigenvalue weighted by Gasteiger charge is -2.06. The average molecular weight is 328 g/mol. The molecule has 6 heteroatoms. The quantitative estimate of drug-likeness (QED) is 0.625. The molecule has 0 amide bonds. The first-order valence-corrected chi connectivity index (χ1v) is 6.55. The van der Waals surface area contributed by atoms with Crippen LogP contribution < -0.4 is 8.92 Å². The van der Waals surface area contributed by atoms with Crippen LogP contribution in [0, 0.1) is 3.57 Å². The van der Waals surface area contributed by atoms with Crippen LogP contribution in [-0.2, 0) is 10.1 Å². The van der Waals surface area contributed by atoms with E-state index in [0.29, 0.717) is 5.75 Å². The van der Waals surface area contributed by atoms with E-state index in [1.165, 1.54) is 13.2 Å². The number of ether oxygens (including phenoxy) is 1. The highest BCUT2D eigenvalue weighted by atomic mass is 127. The number of benzene rings is 1. The summed E-state index contributed by atoms with van der Waals surface area (Å²) < 4.78 is 32.2. The number of hydrogen-bond donors (Lipinski definition) is 0. The zero-order valence-corrected chi connectivity index (χ0v) is 10.6. The van der Waals surface area contributed by atoms with E-state index in [0.717, 1.165) is 9.83 Å². The fraction of sp³-hybridized carbons (Fsp3) is 0.250. The van der Waals surface area contributed by atoms with Gasteiger partial charge in [-0.05, 0) is 34.7 Å². The molecular weight excluding hydrogens is 319 g/mol. The number of rotatable bonds is 3. The number of hydrogen-bond acceptors (Lipinski definition) is 4. The zero-order valence-electron chi connectivity index (χ0n) is 7.65. The van der Waals surface area contributed by atoms with Crippen LogP contribution in [0.5, 0.6) is 11.5 Å². The van der Waals surface area contributed by atoms with E-state index < -0.39 is 10.1 Å². The highest BCUT2D eigenvalue weighted by Crippen LogP contribution is 2.26. The van der Waals surface area contributed by atoms with E-state index in [1.54, 1.807) is 12.1 Å². The van der Waals surface area contributed by atoms with E-state index in [9.17, 15) is 8.42 Å². The first-order chi connectivity index (χ1) is 6.42. The minimum atomic E-state index is -3.47. The van der Waals surface area contributed by atoms with Crippen LogP contribution in [-0.4, -0.2) is 21.8 Å². The molecule has 0 bridgehead atoms. The Bertz CT molecular complexity index is 427. The third kappa shape index (κ3) is 3.33.